The Balaban J connectivity index is 1.77. The first-order valence-corrected chi connectivity index (χ1v) is 7.53. The number of nitrogens with zero attached hydrogens (tertiary/aromatic N) is 1. The summed E-state index contributed by atoms with van der Waals surface area (Å²) < 4.78 is 5.85. The van der Waals surface area contributed by atoms with Crippen LogP contribution in [0, 0.1) is 11.8 Å². The standard InChI is InChI=1S/C16H26N2O/c1-13(2)11-17-12-15-7-4-9-18-16(15)19-10-8-14-5-3-6-14/h4,7,9,13-14,17H,3,5-6,8,10-12H2,1-2H3. The maximum Gasteiger partial charge on any atom is 0.217 e. The van der Waals surface area contributed by atoms with Crippen LogP contribution in [0.2, 0.25) is 0 Å². The van der Waals surface area contributed by atoms with Crippen LogP contribution >= 0.6 is 0 Å². The van der Waals surface area contributed by atoms with Crippen LogP contribution in [0.4, 0.5) is 0 Å². The van der Waals surface area contributed by atoms with Gasteiger partial charge in [0, 0.05) is 18.3 Å². The summed E-state index contributed by atoms with van der Waals surface area (Å²) in [5.74, 6) is 2.36. The van der Waals surface area contributed by atoms with Gasteiger partial charge in [0.05, 0.1) is 6.61 Å². The van der Waals surface area contributed by atoms with Crippen molar-refractivity contribution < 1.29 is 4.74 Å². The van der Waals surface area contributed by atoms with E-state index < -0.39 is 0 Å². The molecule has 0 spiro atoms. The monoisotopic (exact) mass is 262 g/mol. The molecule has 1 aromatic heterocycles. The molecule has 0 bridgehead atoms. The van der Waals surface area contributed by atoms with Crippen molar-refractivity contribution in [2.45, 2.75) is 46.1 Å². The Morgan fingerprint density at radius 1 is 1.42 bits per heavy atom. The van der Waals surface area contributed by atoms with Gasteiger partial charge in [-0.1, -0.05) is 39.2 Å². The van der Waals surface area contributed by atoms with Gasteiger partial charge in [-0.05, 0) is 30.9 Å². The molecular formula is C16H26N2O. The minimum Gasteiger partial charge on any atom is -0.477 e. The molecule has 0 aromatic carbocycles. The van der Waals surface area contributed by atoms with E-state index >= 15 is 0 Å². The lowest BCUT2D eigenvalue weighted by Gasteiger charge is -2.25. The van der Waals surface area contributed by atoms with Crippen molar-refractivity contribution in [2.24, 2.45) is 11.8 Å². The normalized spacial score (nSPS) is 15.5. The molecule has 0 aliphatic heterocycles. The molecule has 0 unspecified atom stereocenters. The molecule has 1 aliphatic rings. The molecule has 2 rings (SSSR count). The Morgan fingerprint density at radius 2 is 2.26 bits per heavy atom. The van der Waals surface area contributed by atoms with Crippen LogP contribution in [-0.2, 0) is 6.54 Å². The summed E-state index contributed by atoms with van der Waals surface area (Å²) in [5, 5.41) is 3.44. The molecule has 0 atom stereocenters. The van der Waals surface area contributed by atoms with E-state index in [9.17, 15) is 0 Å². The fourth-order valence-electron chi connectivity index (χ4n) is 2.29. The second-order valence-corrected chi connectivity index (χ2v) is 5.93. The third-order valence-corrected chi connectivity index (χ3v) is 3.71. The lowest BCUT2D eigenvalue weighted by atomic mass is 9.83. The summed E-state index contributed by atoms with van der Waals surface area (Å²) in [6.45, 7) is 7.10. The van der Waals surface area contributed by atoms with Gasteiger partial charge in [0.15, 0.2) is 0 Å². The summed E-state index contributed by atoms with van der Waals surface area (Å²) in [5.41, 5.74) is 1.16. The number of aromatic nitrogens is 1. The zero-order chi connectivity index (χ0) is 13.5. The van der Waals surface area contributed by atoms with Crippen molar-refractivity contribution >= 4 is 0 Å². The summed E-state index contributed by atoms with van der Waals surface area (Å²) in [6, 6.07) is 4.07. The molecule has 1 heterocycles. The van der Waals surface area contributed by atoms with Crippen molar-refractivity contribution in [2.75, 3.05) is 13.2 Å². The van der Waals surface area contributed by atoms with Crippen molar-refractivity contribution in [3.8, 4) is 5.88 Å². The number of hydrogen-bond acceptors (Lipinski definition) is 3. The van der Waals surface area contributed by atoms with Gasteiger partial charge in [-0.25, -0.2) is 4.98 Å². The number of pyridine rings is 1. The fourth-order valence-corrected chi connectivity index (χ4v) is 2.29. The molecule has 1 N–H and O–H groups in total. The molecule has 19 heavy (non-hydrogen) atoms. The summed E-state index contributed by atoms with van der Waals surface area (Å²) in [7, 11) is 0. The number of rotatable bonds is 8. The zero-order valence-electron chi connectivity index (χ0n) is 12.2. The summed E-state index contributed by atoms with van der Waals surface area (Å²) >= 11 is 0. The van der Waals surface area contributed by atoms with Crippen molar-refractivity contribution in [1.82, 2.24) is 10.3 Å². The quantitative estimate of drug-likeness (QED) is 0.779. The van der Waals surface area contributed by atoms with Gasteiger partial charge in [0.25, 0.3) is 0 Å². The molecule has 106 valence electrons. The molecule has 0 saturated heterocycles. The van der Waals surface area contributed by atoms with Gasteiger partial charge in [-0.2, -0.15) is 0 Å². The van der Waals surface area contributed by atoms with Gasteiger partial charge in [-0.15, -0.1) is 0 Å². The zero-order valence-corrected chi connectivity index (χ0v) is 12.2. The maximum atomic E-state index is 5.85. The molecule has 1 fully saturated rings. The highest BCUT2D eigenvalue weighted by atomic mass is 16.5. The number of ether oxygens (including phenoxy) is 1. The number of hydrogen-bond donors (Lipinski definition) is 1. The minimum absolute atomic E-state index is 0.666. The predicted molar refractivity (Wildman–Crippen MR) is 78.2 cm³/mol. The van der Waals surface area contributed by atoms with Crippen molar-refractivity contribution in [3.63, 3.8) is 0 Å². The first kappa shape index (κ1) is 14.3. The van der Waals surface area contributed by atoms with E-state index in [4.69, 9.17) is 4.74 Å². The highest BCUT2D eigenvalue weighted by Crippen LogP contribution is 2.29. The predicted octanol–water partition coefficient (Wildman–Crippen LogP) is 3.40. The van der Waals surface area contributed by atoms with Gasteiger partial charge in [-0.3, -0.25) is 0 Å². The highest BCUT2D eigenvalue weighted by Gasteiger charge is 2.17. The van der Waals surface area contributed by atoms with Crippen LogP contribution in [0.3, 0.4) is 0 Å². The van der Waals surface area contributed by atoms with Crippen molar-refractivity contribution in [1.29, 1.82) is 0 Å². The largest absolute Gasteiger partial charge is 0.477 e. The van der Waals surface area contributed by atoms with Gasteiger partial charge >= 0.3 is 0 Å². The van der Waals surface area contributed by atoms with E-state index in [2.05, 4.69) is 30.2 Å². The molecule has 1 aliphatic carbocycles. The molecular weight excluding hydrogens is 236 g/mol. The van der Waals surface area contributed by atoms with E-state index in [-0.39, 0.29) is 0 Å². The molecule has 1 saturated carbocycles. The topological polar surface area (TPSA) is 34.2 Å². The Hall–Kier alpha value is -1.09. The first-order valence-electron chi connectivity index (χ1n) is 7.53. The SMILES string of the molecule is CC(C)CNCc1cccnc1OCCC1CCC1. The van der Waals surface area contributed by atoms with E-state index in [0.29, 0.717) is 5.92 Å². The molecule has 3 nitrogen and oxygen atoms in total. The average molecular weight is 262 g/mol. The van der Waals surface area contributed by atoms with Crippen LogP contribution in [0.15, 0.2) is 18.3 Å². The number of nitrogens with one attached hydrogen (secondary N) is 1. The van der Waals surface area contributed by atoms with Gasteiger partial charge in [0.2, 0.25) is 5.88 Å². The first-order chi connectivity index (χ1) is 9.25. The molecule has 1 aromatic rings. The molecule has 0 amide bonds. The molecule has 3 heteroatoms. The van der Waals surface area contributed by atoms with E-state index in [0.717, 1.165) is 37.1 Å². The summed E-state index contributed by atoms with van der Waals surface area (Å²) in [6.07, 6.45) is 7.15. The Bertz CT molecular complexity index is 375. The second kappa shape index (κ2) is 7.49. The third kappa shape index (κ3) is 4.83. The summed E-state index contributed by atoms with van der Waals surface area (Å²) in [4.78, 5) is 4.35. The lowest BCUT2D eigenvalue weighted by molar-refractivity contribution is 0.216. The van der Waals surface area contributed by atoms with Crippen LogP contribution in [0.25, 0.3) is 0 Å². The second-order valence-electron chi connectivity index (χ2n) is 5.93. The van der Waals surface area contributed by atoms with Crippen LogP contribution in [0.5, 0.6) is 5.88 Å². The maximum absolute atomic E-state index is 5.85. The van der Waals surface area contributed by atoms with E-state index in [1.165, 1.54) is 25.7 Å². The smallest absolute Gasteiger partial charge is 0.217 e. The fraction of sp³-hybridized carbons (Fsp3) is 0.688. The highest BCUT2D eigenvalue weighted by molar-refractivity contribution is 5.25. The van der Waals surface area contributed by atoms with Gasteiger partial charge in [0.1, 0.15) is 0 Å². The molecule has 0 radical (unpaired) electrons. The minimum atomic E-state index is 0.666. The average Bonchev–Trinajstić information content (AvgIpc) is 2.33. The Morgan fingerprint density at radius 3 is 2.95 bits per heavy atom. The van der Waals surface area contributed by atoms with E-state index in [1.807, 2.05) is 12.3 Å². The van der Waals surface area contributed by atoms with E-state index in [1.54, 1.807) is 0 Å². The Labute approximate surface area is 116 Å². The van der Waals surface area contributed by atoms with Gasteiger partial charge < -0.3 is 10.1 Å². The van der Waals surface area contributed by atoms with Crippen molar-refractivity contribution in [3.05, 3.63) is 23.9 Å². The van der Waals surface area contributed by atoms with Crippen LogP contribution in [0.1, 0.15) is 45.1 Å². The third-order valence-electron chi connectivity index (χ3n) is 3.71. The van der Waals surface area contributed by atoms with Crippen LogP contribution < -0.4 is 10.1 Å². The van der Waals surface area contributed by atoms with Crippen LogP contribution in [-0.4, -0.2) is 18.1 Å². The lowest BCUT2D eigenvalue weighted by Crippen LogP contribution is -2.20. The Kier molecular flexibility index (Phi) is 5.64.